The fourth-order valence-corrected chi connectivity index (χ4v) is 2.83. The minimum atomic E-state index is 0.898. The molecule has 3 atom stereocenters. The molecule has 1 aliphatic carbocycles. The summed E-state index contributed by atoms with van der Waals surface area (Å²) < 4.78 is 0. The second-order valence-electron chi connectivity index (χ2n) is 5.05. The first-order chi connectivity index (χ1) is 7.27. The van der Waals surface area contributed by atoms with Crippen molar-refractivity contribution >= 4 is 0 Å². The van der Waals surface area contributed by atoms with E-state index in [9.17, 15) is 0 Å². The third-order valence-corrected chi connectivity index (χ3v) is 4.16. The number of hydrogen-bond donors (Lipinski definition) is 2. The van der Waals surface area contributed by atoms with Crippen LogP contribution in [0.15, 0.2) is 13.2 Å². The average Bonchev–Trinajstić information content (AvgIpc) is 2.78. The maximum absolute atomic E-state index is 3.25. The molecule has 88 valence electrons. The van der Waals surface area contributed by atoms with Crippen LogP contribution in [0, 0.1) is 23.7 Å². The van der Waals surface area contributed by atoms with Crippen LogP contribution in [-0.4, -0.2) is 13.1 Å². The van der Waals surface area contributed by atoms with E-state index < -0.39 is 0 Å². The first kappa shape index (κ1) is 12.7. The van der Waals surface area contributed by atoms with Crippen molar-refractivity contribution in [1.29, 1.82) is 0 Å². The smallest absolute Gasteiger partial charge is 0.0143 e. The first-order valence-electron chi connectivity index (χ1n) is 6.23. The first-order valence-corrected chi connectivity index (χ1v) is 6.23. The number of rotatable bonds is 1. The third-order valence-electron chi connectivity index (χ3n) is 4.16. The maximum Gasteiger partial charge on any atom is 0.0143 e. The average molecular weight is 210 g/mol. The Bertz CT molecular complexity index is 175. The molecule has 1 aliphatic heterocycles. The van der Waals surface area contributed by atoms with Crippen molar-refractivity contribution in [2.45, 2.75) is 33.1 Å². The monoisotopic (exact) mass is 210 g/mol. The van der Waals surface area contributed by atoms with Crippen molar-refractivity contribution in [3.8, 4) is 0 Å². The summed E-state index contributed by atoms with van der Waals surface area (Å²) in [7, 11) is 0. The minimum Gasteiger partial charge on any atom is -0.258 e. The molecule has 1 saturated heterocycles. The van der Waals surface area contributed by atoms with E-state index in [1.807, 2.05) is 0 Å². The van der Waals surface area contributed by atoms with Crippen molar-refractivity contribution in [3.05, 3.63) is 13.2 Å². The molecule has 2 rings (SSSR count). The van der Waals surface area contributed by atoms with E-state index in [0.717, 1.165) is 23.7 Å². The Hall–Kier alpha value is -0.340. The van der Waals surface area contributed by atoms with E-state index in [2.05, 4.69) is 37.9 Å². The van der Waals surface area contributed by atoms with Gasteiger partial charge in [0, 0.05) is 13.1 Å². The van der Waals surface area contributed by atoms with Gasteiger partial charge in [0.15, 0.2) is 0 Å². The molecule has 1 saturated carbocycles. The summed E-state index contributed by atoms with van der Waals surface area (Å²) >= 11 is 0. The van der Waals surface area contributed by atoms with Gasteiger partial charge in [-0.05, 0) is 36.5 Å². The highest BCUT2D eigenvalue weighted by molar-refractivity contribution is 4.83. The summed E-state index contributed by atoms with van der Waals surface area (Å²) in [4.78, 5) is 0. The van der Waals surface area contributed by atoms with Crippen LogP contribution in [-0.2, 0) is 0 Å². The number of hydrogen-bond acceptors (Lipinski definition) is 2. The Morgan fingerprint density at radius 1 is 0.867 bits per heavy atom. The van der Waals surface area contributed by atoms with Crippen LogP contribution in [0.4, 0.5) is 0 Å². The molecular weight excluding hydrogens is 184 g/mol. The summed E-state index contributed by atoms with van der Waals surface area (Å²) in [5.41, 5.74) is 6.49. The Kier molecular flexibility index (Phi) is 5.34. The van der Waals surface area contributed by atoms with E-state index in [1.165, 1.54) is 32.4 Å². The summed E-state index contributed by atoms with van der Waals surface area (Å²) in [5.74, 6) is 3.78. The fourth-order valence-electron chi connectivity index (χ4n) is 2.83. The Balaban J connectivity index is 0.000000531. The SMILES string of the molecule is C=C.CC1CCC(C2CNNC2)CC1C. The van der Waals surface area contributed by atoms with Crippen molar-refractivity contribution in [3.63, 3.8) is 0 Å². The maximum atomic E-state index is 3.25. The lowest BCUT2D eigenvalue weighted by molar-refractivity contribution is 0.168. The molecule has 0 aromatic carbocycles. The second-order valence-corrected chi connectivity index (χ2v) is 5.05. The zero-order valence-electron chi connectivity index (χ0n) is 10.3. The van der Waals surface area contributed by atoms with E-state index in [-0.39, 0.29) is 0 Å². The molecule has 0 aromatic heterocycles. The van der Waals surface area contributed by atoms with Crippen LogP contribution >= 0.6 is 0 Å². The van der Waals surface area contributed by atoms with Gasteiger partial charge in [-0.1, -0.05) is 20.3 Å². The van der Waals surface area contributed by atoms with Crippen LogP contribution in [0.2, 0.25) is 0 Å². The molecule has 1 heterocycles. The third kappa shape index (κ3) is 3.32. The lowest BCUT2D eigenvalue weighted by Gasteiger charge is -2.34. The molecule has 0 radical (unpaired) electrons. The molecule has 0 amide bonds. The van der Waals surface area contributed by atoms with Gasteiger partial charge in [-0.2, -0.15) is 0 Å². The van der Waals surface area contributed by atoms with Gasteiger partial charge in [0.25, 0.3) is 0 Å². The van der Waals surface area contributed by atoms with Crippen LogP contribution in [0.5, 0.6) is 0 Å². The van der Waals surface area contributed by atoms with Crippen molar-refractivity contribution in [2.24, 2.45) is 23.7 Å². The van der Waals surface area contributed by atoms with Crippen LogP contribution in [0.1, 0.15) is 33.1 Å². The predicted octanol–water partition coefficient (Wildman–Crippen LogP) is 2.58. The zero-order valence-corrected chi connectivity index (χ0v) is 10.3. The van der Waals surface area contributed by atoms with E-state index in [1.54, 1.807) is 0 Å². The van der Waals surface area contributed by atoms with Crippen LogP contribution in [0.25, 0.3) is 0 Å². The van der Waals surface area contributed by atoms with E-state index >= 15 is 0 Å². The van der Waals surface area contributed by atoms with Gasteiger partial charge in [0.1, 0.15) is 0 Å². The molecule has 0 aromatic rings. The lowest BCUT2D eigenvalue weighted by atomic mass is 9.71. The minimum absolute atomic E-state index is 0.898. The molecule has 2 aliphatic rings. The van der Waals surface area contributed by atoms with E-state index in [4.69, 9.17) is 0 Å². The Morgan fingerprint density at radius 3 is 2.00 bits per heavy atom. The summed E-state index contributed by atoms with van der Waals surface area (Å²) in [6.07, 6.45) is 4.36. The highest BCUT2D eigenvalue weighted by Gasteiger charge is 2.31. The molecule has 2 heteroatoms. The van der Waals surface area contributed by atoms with Crippen molar-refractivity contribution in [1.82, 2.24) is 10.9 Å². The molecule has 2 fully saturated rings. The standard InChI is InChI=1S/C11H22N2.C2H4/c1-8-3-4-10(5-9(8)2)11-6-12-13-7-11;1-2/h8-13H,3-7H2,1-2H3;1-2H2. The van der Waals surface area contributed by atoms with Crippen molar-refractivity contribution < 1.29 is 0 Å². The van der Waals surface area contributed by atoms with Gasteiger partial charge in [-0.25, -0.2) is 0 Å². The van der Waals surface area contributed by atoms with Gasteiger partial charge < -0.3 is 0 Å². The predicted molar refractivity (Wildman–Crippen MR) is 66.4 cm³/mol. The Morgan fingerprint density at radius 2 is 1.47 bits per heavy atom. The summed E-state index contributed by atoms with van der Waals surface area (Å²) in [6.45, 7) is 13.2. The highest BCUT2D eigenvalue weighted by Crippen LogP contribution is 2.37. The normalized spacial score (nSPS) is 37.1. The summed E-state index contributed by atoms with van der Waals surface area (Å²) in [5, 5.41) is 0. The van der Waals surface area contributed by atoms with Gasteiger partial charge in [0.05, 0.1) is 0 Å². The van der Waals surface area contributed by atoms with Crippen LogP contribution < -0.4 is 10.9 Å². The zero-order chi connectivity index (χ0) is 11.3. The van der Waals surface area contributed by atoms with Gasteiger partial charge >= 0.3 is 0 Å². The van der Waals surface area contributed by atoms with Gasteiger partial charge in [-0.3, -0.25) is 10.9 Å². The largest absolute Gasteiger partial charge is 0.258 e. The Labute approximate surface area is 94.5 Å². The second kappa shape index (κ2) is 6.29. The summed E-state index contributed by atoms with van der Waals surface area (Å²) in [6, 6.07) is 0. The molecule has 2 N–H and O–H groups in total. The number of hydrazine groups is 1. The molecule has 2 nitrogen and oxygen atoms in total. The van der Waals surface area contributed by atoms with Crippen LogP contribution in [0.3, 0.4) is 0 Å². The topological polar surface area (TPSA) is 24.1 Å². The van der Waals surface area contributed by atoms with E-state index in [0.29, 0.717) is 0 Å². The molecule has 15 heavy (non-hydrogen) atoms. The lowest BCUT2D eigenvalue weighted by Crippen LogP contribution is -2.28. The van der Waals surface area contributed by atoms with Crippen molar-refractivity contribution in [2.75, 3.05) is 13.1 Å². The highest BCUT2D eigenvalue weighted by atomic mass is 15.4. The van der Waals surface area contributed by atoms with Gasteiger partial charge in [0.2, 0.25) is 0 Å². The van der Waals surface area contributed by atoms with Gasteiger partial charge in [-0.15, -0.1) is 13.2 Å². The molecular formula is C13H26N2. The molecule has 3 unspecified atom stereocenters. The molecule has 0 spiro atoms. The fraction of sp³-hybridized carbons (Fsp3) is 0.846. The number of nitrogens with one attached hydrogen (secondary N) is 2. The quantitative estimate of drug-likeness (QED) is 0.650. The molecule has 0 bridgehead atoms.